The molecule has 0 amide bonds. The highest BCUT2D eigenvalue weighted by atomic mass is 32.2. The zero-order chi connectivity index (χ0) is 20.9. The van der Waals surface area contributed by atoms with Crippen molar-refractivity contribution in [2.24, 2.45) is 22.2 Å². The Bertz CT molecular complexity index is 910. The molecular weight excluding hydrogens is 394 g/mol. The topological polar surface area (TPSA) is 47.9 Å². The van der Waals surface area contributed by atoms with Gasteiger partial charge in [0.15, 0.2) is 0 Å². The number of hydrogen-bond acceptors (Lipinski definition) is 5. The van der Waals surface area contributed by atoms with E-state index in [9.17, 15) is 4.79 Å². The summed E-state index contributed by atoms with van der Waals surface area (Å²) in [5.41, 5.74) is 4.06. The zero-order valence-electron chi connectivity index (χ0n) is 18.0. The number of aryl methyl sites for hydroxylation is 1. The van der Waals surface area contributed by atoms with E-state index in [0.29, 0.717) is 24.4 Å². The summed E-state index contributed by atoms with van der Waals surface area (Å²) in [5, 5.41) is 1.03. The first-order valence-electron chi connectivity index (χ1n) is 11.3. The quantitative estimate of drug-likeness (QED) is 0.452. The van der Waals surface area contributed by atoms with Gasteiger partial charge in [0.1, 0.15) is 29.2 Å². The summed E-state index contributed by atoms with van der Waals surface area (Å²) in [6, 6.07) is 4.57. The maximum Gasteiger partial charge on any atom is 0.302 e. The van der Waals surface area contributed by atoms with Gasteiger partial charge in [-0.1, -0.05) is 13.0 Å². The van der Waals surface area contributed by atoms with Gasteiger partial charge in [-0.25, -0.2) is 4.99 Å². The Morgan fingerprint density at radius 3 is 3.03 bits per heavy atom. The highest BCUT2D eigenvalue weighted by Gasteiger charge is 2.56. The lowest BCUT2D eigenvalue weighted by molar-refractivity contribution is -0.154. The molecule has 0 bridgehead atoms. The second-order valence-corrected chi connectivity index (χ2v) is 10.6. The summed E-state index contributed by atoms with van der Waals surface area (Å²) in [5.74, 6) is 3.58. The number of benzene rings is 1. The van der Waals surface area contributed by atoms with Crippen molar-refractivity contribution in [3.63, 3.8) is 0 Å². The first-order valence-corrected chi connectivity index (χ1v) is 12.3. The third kappa shape index (κ3) is 3.30. The normalized spacial score (nSPS) is 33.9. The van der Waals surface area contributed by atoms with E-state index in [1.54, 1.807) is 18.7 Å². The summed E-state index contributed by atoms with van der Waals surface area (Å²) < 4.78 is 11.8. The Hall–Kier alpha value is -1.75. The number of hydrogen-bond donors (Lipinski definition) is 0. The van der Waals surface area contributed by atoms with E-state index in [1.807, 2.05) is 6.08 Å². The number of ether oxygens (including phenoxy) is 2. The van der Waals surface area contributed by atoms with Gasteiger partial charge in [-0.15, -0.1) is 18.3 Å². The summed E-state index contributed by atoms with van der Waals surface area (Å²) >= 11 is 1.70. The molecule has 4 aliphatic rings. The zero-order valence-corrected chi connectivity index (χ0v) is 18.8. The molecule has 1 aromatic carbocycles. The Labute approximate surface area is 183 Å². The van der Waals surface area contributed by atoms with E-state index in [4.69, 9.17) is 14.5 Å². The van der Waals surface area contributed by atoms with Crippen LogP contribution in [-0.4, -0.2) is 29.5 Å². The second-order valence-electron chi connectivity index (χ2n) is 9.55. The van der Waals surface area contributed by atoms with E-state index < -0.39 is 0 Å². The van der Waals surface area contributed by atoms with Gasteiger partial charge in [0.05, 0.1) is 0 Å². The van der Waals surface area contributed by atoms with Gasteiger partial charge in [-0.2, -0.15) is 0 Å². The van der Waals surface area contributed by atoms with Crippen LogP contribution in [0.4, 0.5) is 5.69 Å². The predicted octanol–water partition coefficient (Wildman–Crippen LogP) is 5.82. The number of fused-ring (bicyclic) bond motifs is 6. The van der Waals surface area contributed by atoms with Crippen LogP contribution in [0.15, 0.2) is 29.8 Å². The molecule has 0 saturated heterocycles. The molecule has 3 aliphatic carbocycles. The average molecular weight is 426 g/mol. The van der Waals surface area contributed by atoms with Crippen LogP contribution < -0.4 is 4.74 Å². The molecule has 5 atom stereocenters. The molecular formula is C25H31NO3S. The highest BCUT2D eigenvalue weighted by molar-refractivity contribution is 8.14. The molecule has 0 spiro atoms. The molecule has 5 heteroatoms. The lowest BCUT2D eigenvalue weighted by Crippen LogP contribution is -2.45. The van der Waals surface area contributed by atoms with Gasteiger partial charge in [0.2, 0.25) is 0 Å². The van der Waals surface area contributed by atoms with Crippen LogP contribution in [0, 0.1) is 17.3 Å². The second kappa shape index (κ2) is 7.74. The van der Waals surface area contributed by atoms with E-state index in [0.717, 1.165) is 41.5 Å². The van der Waals surface area contributed by atoms with Gasteiger partial charge in [-0.05, 0) is 79.5 Å². The number of carbonyl (C=O) groups excluding carboxylic acids is 1. The molecule has 1 aliphatic heterocycles. The molecule has 1 aromatic rings. The average Bonchev–Trinajstić information content (AvgIpc) is 3.06. The summed E-state index contributed by atoms with van der Waals surface area (Å²) in [6.07, 6.45) is 8.84. The number of rotatable bonds is 3. The highest BCUT2D eigenvalue weighted by Crippen LogP contribution is 2.62. The largest absolute Gasteiger partial charge is 0.484 e. The van der Waals surface area contributed by atoms with Crippen molar-refractivity contribution < 1.29 is 14.3 Å². The maximum absolute atomic E-state index is 11.6. The van der Waals surface area contributed by atoms with Gasteiger partial charge in [-0.3, -0.25) is 4.79 Å². The molecule has 30 heavy (non-hydrogen) atoms. The molecule has 0 N–H and O–H groups in total. The third-order valence-corrected chi connectivity index (χ3v) is 8.93. The van der Waals surface area contributed by atoms with Crippen LogP contribution in [0.3, 0.4) is 0 Å². The van der Waals surface area contributed by atoms with Gasteiger partial charge < -0.3 is 9.47 Å². The predicted molar refractivity (Wildman–Crippen MR) is 122 cm³/mol. The maximum atomic E-state index is 11.6. The Morgan fingerprint density at radius 1 is 1.37 bits per heavy atom. The van der Waals surface area contributed by atoms with Crippen LogP contribution in [0.5, 0.6) is 5.75 Å². The van der Waals surface area contributed by atoms with Crippen LogP contribution in [0.25, 0.3) is 0 Å². The van der Waals surface area contributed by atoms with Crippen molar-refractivity contribution in [3.8, 4) is 5.75 Å². The van der Waals surface area contributed by atoms with Crippen molar-refractivity contribution >= 4 is 28.5 Å². The fourth-order valence-electron chi connectivity index (χ4n) is 6.67. The molecule has 0 aromatic heterocycles. The van der Waals surface area contributed by atoms with E-state index in [2.05, 4.69) is 25.6 Å². The number of esters is 1. The van der Waals surface area contributed by atoms with E-state index >= 15 is 0 Å². The Morgan fingerprint density at radius 2 is 2.23 bits per heavy atom. The Balaban J connectivity index is 1.43. The minimum Gasteiger partial charge on any atom is -0.484 e. The first kappa shape index (κ1) is 20.2. The van der Waals surface area contributed by atoms with Crippen molar-refractivity contribution in [2.75, 3.05) is 12.4 Å². The third-order valence-electron chi connectivity index (χ3n) is 7.99. The SMILES string of the molecule is C=CCSC1=Nc2cc3c(cc2OC1)CC[C@@H]1[C@@H]3CC[C@]2(C)[C@@H](OC(C)=O)CC[C@@H]12. The van der Waals surface area contributed by atoms with Crippen molar-refractivity contribution in [3.05, 3.63) is 35.9 Å². The monoisotopic (exact) mass is 425 g/mol. The number of thioether (sulfide) groups is 1. The number of nitrogens with zero attached hydrogens (tertiary/aromatic N) is 1. The van der Waals surface area contributed by atoms with Crippen LogP contribution in [0.1, 0.15) is 63.0 Å². The summed E-state index contributed by atoms with van der Waals surface area (Å²) in [6.45, 7) is 8.29. The summed E-state index contributed by atoms with van der Waals surface area (Å²) in [7, 11) is 0. The first-order chi connectivity index (χ1) is 14.5. The molecule has 0 unspecified atom stereocenters. The van der Waals surface area contributed by atoms with Crippen LogP contribution in [-0.2, 0) is 16.0 Å². The minimum absolute atomic E-state index is 0.0910. The Kier molecular flexibility index (Phi) is 5.20. The molecule has 2 fully saturated rings. The molecule has 0 radical (unpaired) electrons. The fourth-order valence-corrected chi connectivity index (χ4v) is 7.29. The van der Waals surface area contributed by atoms with E-state index in [1.165, 1.54) is 30.4 Å². The number of carbonyl (C=O) groups is 1. The van der Waals surface area contributed by atoms with Crippen molar-refractivity contribution in [1.82, 2.24) is 0 Å². The molecule has 2 saturated carbocycles. The molecule has 5 rings (SSSR count). The minimum atomic E-state index is -0.132. The lowest BCUT2D eigenvalue weighted by atomic mass is 9.55. The molecule has 4 nitrogen and oxygen atoms in total. The lowest BCUT2D eigenvalue weighted by Gasteiger charge is -2.50. The van der Waals surface area contributed by atoms with Gasteiger partial charge in [0, 0.05) is 18.1 Å². The van der Waals surface area contributed by atoms with Crippen molar-refractivity contribution in [1.29, 1.82) is 0 Å². The number of aliphatic imine (C=N–C) groups is 1. The fraction of sp³-hybridized carbons (Fsp3) is 0.600. The van der Waals surface area contributed by atoms with Crippen LogP contribution in [0.2, 0.25) is 0 Å². The summed E-state index contributed by atoms with van der Waals surface area (Å²) in [4.78, 5) is 16.5. The van der Waals surface area contributed by atoms with Crippen LogP contribution >= 0.6 is 11.8 Å². The van der Waals surface area contributed by atoms with E-state index in [-0.39, 0.29) is 17.5 Å². The van der Waals surface area contributed by atoms with Crippen molar-refractivity contribution in [2.45, 2.75) is 64.4 Å². The standard InChI is InChI=1S/C25H31NO3S/c1-4-11-30-24-14-28-22-12-16-5-6-18-17(19(16)13-21(22)26-24)9-10-25(3)20(18)7-8-23(25)29-15(2)27/h4,12-13,17-18,20,23H,1,5-11,14H2,2-3H3/t17-,18+,20-,23-,25-/m0/s1. The smallest absolute Gasteiger partial charge is 0.302 e. The van der Waals surface area contributed by atoms with Gasteiger partial charge >= 0.3 is 5.97 Å². The molecule has 1 heterocycles. The molecule has 160 valence electrons. The van der Waals surface area contributed by atoms with Gasteiger partial charge in [0.25, 0.3) is 0 Å².